The lowest BCUT2D eigenvalue weighted by Crippen LogP contribution is -2.34. The fraction of sp³-hybridized carbons (Fsp3) is 0.600. The molecule has 0 fully saturated rings. The average molecular weight is 869 g/mol. The minimum absolute atomic E-state index is 0.417. The molecular weight excluding hydrogens is 840 g/mol. The highest BCUT2D eigenvalue weighted by atomic mass is 127. The minimum Gasteiger partial charge on any atom is -0.444 e. The molecule has 0 saturated carbocycles. The third-order valence-electron chi connectivity index (χ3n) is 3.54. The number of imidazole rings is 2. The molecule has 2 heterocycles. The third-order valence-corrected chi connectivity index (χ3v) is 7.53. The molecule has 2 amide bonds. The smallest absolute Gasteiger partial charge is 0.407 e. The average Bonchev–Trinajstić information content (AvgIpc) is 3.11. The lowest BCUT2D eigenvalue weighted by atomic mass is 10.2. The molecule has 0 spiro atoms. The van der Waals surface area contributed by atoms with Crippen molar-refractivity contribution in [3.63, 3.8) is 0 Å². The van der Waals surface area contributed by atoms with E-state index in [9.17, 15) is 9.59 Å². The Bertz CT molecular complexity index is 1000. The van der Waals surface area contributed by atoms with E-state index >= 15 is 0 Å². The Labute approximate surface area is 256 Å². The Balaban J connectivity index is 0.000000351. The van der Waals surface area contributed by atoms with Gasteiger partial charge in [-0.3, -0.25) is 0 Å². The summed E-state index contributed by atoms with van der Waals surface area (Å²) in [4.78, 5) is 30.9. The van der Waals surface area contributed by atoms with Gasteiger partial charge < -0.3 is 29.2 Å². The van der Waals surface area contributed by atoms with E-state index in [1.807, 2.05) is 52.3 Å². The first-order chi connectivity index (χ1) is 16.0. The number of nitrogens with one attached hydrogen (secondary N) is 2. The monoisotopic (exact) mass is 868 g/mol. The molecular formula is C20H29Cl2I3N6O4. The van der Waals surface area contributed by atoms with Crippen LogP contribution in [0.25, 0.3) is 0 Å². The van der Waals surface area contributed by atoms with E-state index < -0.39 is 23.4 Å². The number of carbonyl (C=O) groups excluding carboxylic acids is 2. The summed E-state index contributed by atoms with van der Waals surface area (Å²) < 4.78 is 16.5. The topological polar surface area (TPSA) is 112 Å². The van der Waals surface area contributed by atoms with Crippen molar-refractivity contribution in [3.8, 4) is 0 Å². The molecule has 0 bridgehead atoms. The van der Waals surface area contributed by atoms with E-state index in [0.29, 0.717) is 36.7 Å². The summed E-state index contributed by atoms with van der Waals surface area (Å²) in [6.07, 6.45) is 0.964. The first kappa shape index (κ1) is 32.8. The molecule has 0 radical (unpaired) electrons. The van der Waals surface area contributed by atoms with Gasteiger partial charge in [-0.25, -0.2) is 19.6 Å². The van der Waals surface area contributed by atoms with E-state index in [-0.39, 0.29) is 0 Å². The van der Waals surface area contributed by atoms with Crippen LogP contribution in [0.5, 0.6) is 0 Å². The maximum atomic E-state index is 11.4. The Hall–Kier alpha value is -0.270. The van der Waals surface area contributed by atoms with Crippen LogP contribution in [0.4, 0.5) is 9.59 Å². The lowest BCUT2D eigenvalue weighted by Gasteiger charge is -2.19. The third kappa shape index (κ3) is 13.7. The van der Waals surface area contributed by atoms with Crippen LogP contribution in [-0.4, -0.2) is 55.6 Å². The van der Waals surface area contributed by atoms with Gasteiger partial charge in [-0.15, -0.1) is 0 Å². The molecule has 2 rings (SSSR count). The molecule has 0 saturated heterocycles. The fourth-order valence-electron chi connectivity index (χ4n) is 2.27. The van der Waals surface area contributed by atoms with Gasteiger partial charge in [0.05, 0.1) is 0 Å². The summed E-state index contributed by atoms with van der Waals surface area (Å²) in [5.74, 6) is 0. The number of hydrogen-bond donors (Lipinski definition) is 2. The van der Waals surface area contributed by atoms with Crippen LogP contribution in [0.2, 0.25) is 10.6 Å². The van der Waals surface area contributed by atoms with Crippen molar-refractivity contribution >= 4 is 103 Å². The van der Waals surface area contributed by atoms with Crippen molar-refractivity contribution in [1.29, 1.82) is 0 Å². The van der Waals surface area contributed by atoms with Gasteiger partial charge >= 0.3 is 12.2 Å². The van der Waals surface area contributed by atoms with Crippen LogP contribution >= 0.6 is 91.0 Å². The number of nitrogens with zero attached hydrogens (tertiary/aromatic N) is 4. The zero-order valence-electron chi connectivity index (χ0n) is 20.2. The van der Waals surface area contributed by atoms with Crippen molar-refractivity contribution in [2.45, 2.75) is 65.8 Å². The van der Waals surface area contributed by atoms with Crippen LogP contribution in [0.3, 0.4) is 0 Å². The number of ether oxygens (including phenoxy) is 2. The first-order valence-corrected chi connectivity index (χ1v) is 14.4. The zero-order chi connectivity index (χ0) is 27.0. The SMILES string of the molecule is CC(C)(C)OC(=O)NCCn1c(Cl)nc(I)c1I.CC(C)(C)OC(=O)NCCn1cc(I)nc1Cl. The standard InChI is InChI=1S/C10H14ClI2N3O2.C10H15ClIN3O2/c1-10(2,3)18-9(17)14-4-5-16-7(13)6(12)15-8(16)11;1-10(2,3)17-9(16)13-4-5-15-6-7(12)14-8(15)11/h4-5H2,1-3H3,(H,14,17);6H,4-5H2,1-3H3,(H,13,16). The van der Waals surface area contributed by atoms with Crippen molar-refractivity contribution in [1.82, 2.24) is 29.7 Å². The van der Waals surface area contributed by atoms with Gasteiger partial charge in [0.25, 0.3) is 0 Å². The van der Waals surface area contributed by atoms with Crippen molar-refractivity contribution < 1.29 is 19.1 Å². The normalized spacial score (nSPS) is 11.4. The van der Waals surface area contributed by atoms with E-state index in [1.54, 1.807) is 4.57 Å². The summed E-state index contributed by atoms with van der Waals surface area (Å²) >= 11 is 18.2. The Morgan fingerprint density at radius 3 is 1.74 bits per heavy atom. The van der Waals surface area contributed by atoms with Crippen molar-refractivity contribution in [3.05, 3.63) is 27.9 Å². The first-order valence-electron chi connectivity index (χ1n) is 10.4. The predicted molar refractivity (Wildman–Crippen MR) is 161 cm³/mol. The molecule has 35 heavy (non-hydrogen) atoms. The van der Waals surface area contributed by atoms with Crippen LogP contribution in [-0.2, 0) is 22.6 Å². The number of hydrogen-bond acceptors (Lipinski definition) is 6. The maximum absolute atomic E-state index is 11.4. The van der Waals surface area contributed by atoms with Gasteiger partial charge in [-0.05, 0) is 133 Å². The molecule has 0 unspecified atom stereocenters. The number of aromatic nitrogens is 4. The number of amides is 2. The molecule has 0 aliphatic heterocycles. The number of carbonyl (C=O) groups is 2. The second kappa shape index (κ2) is 14.6. The van der Waals surface area contributed by atoms with Gasteiger partial charge in [0.15, 0.2) is 0 Å². The highest BCUT2D eigenvalue weighted by molar-refractivity contribution is 14.1. The second-order valence-corrected chi connectivity index (χ2v) is 12.8. The molecule has 0 aliphatic rings. The molecule has 0 aromatic carbocycles. The van der Waals surface area contributed by atoms with Crippen LogP contribution in [0, 0.1) is 11.1 Å². The molecule has 2 N–H and O–H groups in total. The van der Waals surface area contributed by atoms with Crippen molar-refractivity contribution in [2.24, 2.45) is 0 Å². The number of alkyl carbamates (subject to hydrolysis) is 2. The summed E-state index contributed by atoms with van der Waals surface area (Å²) in [5, 5.41) is 6.17. The van der Waals surface area contributed by atoms with E-state index in [2.05, 4.69) is 88.4 Å². The van der Waals surface area contributed by atoms with E-state index in [1.165, 1.54) is 0 Å². The summed E-state index contributed by atoms with van der Waals surface area (Å²) in [7, 11) is 0. The maximum Gasteiger partial charge on any atom is 0.407 e. The van der Waals surface area contributed by atoms with Gasteiger partial charge in [0, 0.05) is 32.4 Å². The van der Waals surface area contributed by atoms with Crippen LogP contribution < -0.4 is 10.6 Å². The Kier molecular flexibility index (Phi) is 13.7. The van der Waals surface area contributed by atoms with Gasteiger partial charge in [0.1, 0.15) is 22.3 Å². The summed E-state index contributed by atoms with van der Waals surface area (Å²) in [5.41, 5.74) is -0.966. The molecule has 0 aliphatic carbocycles. The fourth-order valence-corrected chi connectivity index (χ4v) is 4.85. The summed E-state index contributed by atoms with van der Waals surface area (Å²) in [6.45, 7) is 12.9. The second-order valence-electron chi connectivity index (χ2n) is 9.00. The molecule has 198 valence electrons. The van der Waals surface area contributed by atoms with Gasteiger partial charge in [-0.2, -0.15) is 0 Å². The Morgan fingerprint density at radius 1 is 0.886 bits per heavy atom. The summed E-state index contributed by atoms with van der Waals surface area (Å²) in [6, 6.07) is 0. The predicted octanol–water partition coefficient (Wildman–Crippen LogP) is 5.94. The molecule has 15 heteroatoms. The Morgan fingerprint density at radius 2 is 1.37 bits per heavy atom. The van der Waals surface area contributed by atoms with Crippen molar-refractivity contribution in [2.75, 3.05) is 13.1 Å². The quantitative estimate of drug-likeness (QED) is 0.349. The minimum atomic E-state index is -0.486. The lowest BCUT2D eigenvalue weighted by molar-refractivity contribution is 0.0514. The highest BCUT2D eigenvalue weighted by Gasteiger charge is 2.17. The molecule has 2 aromatic heterocycles. The zero-order valence-corrected chi connectivity index (χ0v) is 28.2. The van der Waals surface area contributed by atoms with Gasteiger partial charge in [-0.1, -0.05) is 0 Å². The molecule has 2 aromatic rings. The van der Waals surface area contributed by atoms with E-state index in [0.717, 1.165) is 11.1 Å². The number of halogens is 5. The highest BCUT2D eigenvalue weighted by Crippen LogP contribution is 2.19. The molecule has 10 nitrogen and oxygen atoms in total. The molecule has 0 atom stereocenters. The van der Waals surface area contributed by atoms with E-state index in [4.69, 9.17) is 32.7 Å². The largest absolute Gasteiger partial charge is 0.444 e. The number of rotatable bonds is 6. The van der Waals surface area contributed by atoms with Crippen LogP contribution in [0.1, 0.15) is 41.5 Å². The van der Waals surface area contributed by atoms with Crippen LogP contribution in [0.15, 0.2) is 6.20 Å². The van der Waals surface area contributed by atoms with Gasteiger partial charge in [0.2, 0.25) is 10.6 Å².